The fourth-order valence-electron chi connectivity index (χ4n) is 2.93. The first-order valence-electron chi connectivity index (χ1n) is 8.23. The maximum atomic E-state index is 12.1. The summed E-state index contributed by atoms with van der Waals surface area (Å²) in [6.45, 7) is 3.73. The van der Waals surface area contributed by atoms with Gasteiger partial charge in [0.1, 0.15) is 23.7 Å². The van der Waals surface area contributed by atoms with Gasteiger partial charge in [0.2, 0.25) is 0 Å². The molecular weight excluding hydrogens is 320 g/mol. The Labute approximate surface area is 145 Å². The van der Waals surface area contributed by atoms with Crippen LogP contribution in [-0.4, -0.2) is 25.7 Å². The number of carbonyl (C=O) groups is 1. The topological polar surface area (TPSA) is 83.5 Å². The molecule has 2 aromatic rings. The van der Waals surface area contributed by atoms with Crippen LogP contribution in [-0.2, 0) is 4.74 Å². The first-order valence-corrected chi connectivity index (χ1v) is 8.23. The fourth-order valence-corrected chi connectivity index (χ4v) is 2.93. The predicted octanol–water partition coefficient (Wildman–Crippen LogP) is 2.96. The van der Waals surface area contributed by atoms with Crippen LogP contribution in [0.4, 0.5) is 5.69 Å². The van der Waals surface area contributed by atoms with Gasteiger partial charge in [-0.25, -0.2) is 4.79 Å². The maximum Gasteiger partial charge on any atom is 0.345 e. The number of nitriles is 1. The van der Waals surface area contributed by atoms with Crippen LogP contribution in [0.1, 0.15) is 35.7 Å². The van der Waals surface area contributed by atoms with Gasteiger partial charge in [0.15, 0.2) is 5.43 Å². The Morgan fingerprint density at radius 3 is 2.72 bits per heavy atom. The van der Waals surface area contributed by atoms with E-state index in [-0.39, 0.29) is 12.2 Å². The molecule has 3 rings (SSSR count). The number of anilines is 1. The molecule has 0 spiro atoms. The monoisotopic (exact) mass is 338 g/mol. The Kier molecular flexibility index (Phi) is 4.85. The summed E-state index contributed by atoms with van der Waals surface area (Å²) in [5.74, 6) is -0.396. The fraction of sp³-hybridized carbons (Fsp3) is 0.316. The summed E-state index contributed by atoms with van der Waals surface area (Å²) in [6.07, 6.45) is 3.35. The van der Waals surface area contributed by atoms with E-state index in [0.717, 1.165) is 37.9 Å². The van der Waals surface area contributed by atoms with Gasteiger partial charge in [-0.3, -0.25) is 4.79 Å². The lowest BCUT2D eigenvalue weighted by atomic mass is 10.1. The summed E-state index contributed by atoms with van der Waals surface area (Å²) in [7, 11) is 0. The van der Waals surface area contributed by atoms with Crippen molar-refractivity contribution in [1.82, 2.24) is 0 Å². The third-order valence-electron chi connectivity index (χ3n) is 4.18. The van der Waals surface area contributed by atoms with E-state index in [4.69, 9.17) is 9.15 Å². The van der Waals surface area contributed by atoms with Gasteiger partial charge in [-0.15, -0.1) is 0 Å². The van der Waals surface area contributed by atoms with E-state index in [9.17, 15) is 14.9 Å². The highest BCUT2D eigenvalue weighted by atomic mass is 16.5. The molecule has 0 saturated carbocycles. The Morgan fingerprint density at radius 1 is 1.32 bits per heavy atom. The summed E-state index contributed by atoms with van der Waals surface area (Å²) in [4.78, 5) is 26.0. The maximum absolute atomic E-state index is 12.1. The van der Waals surface area contributed by atoms with E-state index < -0.39 is 11.4 Å². The van der Waals surface area contributed by atoms with Crippen molar-refractivity contribution < 1.29 is 13.9 Å². The molecule has 0 atom stereocenters. The molecular formula is C19H18N2O4. The lowest BCUT2D eigenvalue weighted by Crippen LogP contribution is -2.18. The van der Waals surface area contributed by atoms with Crippen molar-refractivity contribution in [3.05, 3.63) is 51.9 Å². The molecule has 1 saturated heterocycles. The van der Waals surface area contributed by atoms with Crippen LogP contribution in [0.15, 0.2) is 39.7 Å². The minimum absolute atomic E-state index is 0.139. The molecule has 1 aromatic carbocycles. The molecule has 2 heterocycles. The van der Waals surface area contributed by atoms with Gasteiger partial charge >= 0.3 is 5.97 Å². The van der Waals surface area contributed by atoms with E-state index in [1.54, 1.807) is 13.0 Å². The van der Waals surface area contributed by atoms with Gasteiger partial charge in [-0.2, -0.15) is 5.26 Å². The van der Waals surface area contributed by atoms with Crippen LogP contribution in [0.3, 0.4) is 0 Å². The number of benzene rings is 1. The van der Waals surface area contributed by atoms with Crippen molar-refractivity contribution in [2.75, 3.05) is 24.6 Å². The van der Waals surface area contributed by atoms with Crippen molar-refractivity contribution in [3.8, 4) is 17.4 Å². The molecule has 1 fully saturated rings. The molecule has 0 N–H and O–H groups in total. The number of hydrogen-bond donors (Lipinski definition) is 0. The summed E-state index contributed by atoms with van der Waals surface area (Å²) in [5.41, 5.74) is 1.44. The summed E-state index contributed by atoms with van der Waals surface area (Å²) in [5, 5.41) is 9.45. The van der Waals surface area contributed by atoms with Gasteiger partial charge in [0.25, 0.3) is 0 Å². The van der Waals surface area contributed by atoms with Crippen LogP contribution in [0.25, 0.3) is 11.3 Å². The van der Waals surface area contributed by atoms with Crippen molar-refractivity contribution >= 4 is 11.7 Å². The van der Waals surface area contributed by atoms with Crippen LogP contribution in [0, 0.1) is 11.3 Å². The van der Waals surface area contributed by atoms with E-state index >= 15 is 0 Å². The molecule has 0 radical (unpaired) electrons. The predicted molar refractivity (Wildman–Crippen MR) is 92.5 cm³/mol. The Morgan fingerprint density at radius 2 is 2.08 bits per heavy atom. The molecule has 128 valence electrons. The molecule has 1 aliphatic heterocycles. The third-order valence-corrected chi connectivity index (χ3v) is 4.18. The number of carbonyl (C=O) groups excluding carboxylic acids is 1. The number of hydrogen-bond acceptors (Lipinski definition) is 6. The van der Waals surface area contributed by atoms with E-state index in [1.165, 1.54) is 6.07 Å². The van der Waals surface area contributed by atoms with Crippen LogP contribution < -0.4 is 10.3 Å². The van der Waals surface area contributed by atoms with Crippen LogP contribution >= 0.6 is 0 Å². The minimum atomic E-state index is -0.704. The number of ether oxygens (including phenoxy) is 1. The average molecular weight is 338 g/mol. The number of rotatable bonds is 4. The zero-order valence-corrected chi connectivity index (χ0v) is 13.9. The van der Waals surface area contributed by atoms with Crippen LogP contribution in [0.2, 0.25) is 0 Å². The molecule has 6 nitrogen and oxygen atoms in total. The van der Waals surface area contributed by atoms with Gasteiger partial charge in [0, 0.05) is 24.7 Å². The van der Waals surface area contributed by atoms with Gasteiger partial charge in [0.05, 0.1) is 17.9 Å². The standard InChI is InChI=1S/C19H18N2O4/c1-2-24-19(23)15-12-25-18(10-17(15)22)13-5-6-16(14(9-13)11-20)21-7-3-4-8-21/h5-6,9-10,12H,2-4,7-8H2,1H3. The molecule has 1 aromatic heterocycles. The first-order chi connectivity index (χ1) is 12.1. The Balaban J connectivity index is 1.94. The highest BCUT2D eigenvalue weighted by molar-refractivity contribution is 5.89. The molecule has 0 amide bonds. The van der Waals surface area contributed by atoms with E-state index in [0.29, 0.717) is 16.9 Å². The highest BCUT2D eigenvalue weighted by Crippen LogP contribution is 2.29. The molecule has 1 aliphatic rings. The van der Waals surface area contributed by atoms with Gasteiger partial charge < -0.3 is 14.1 Å². The van der Waals surface area contributed by atoms with E-state index in [1.807, 2.05) is 12.1 Å². The second-order valence-corrected chi connectivity index (χ2v) is 5.78. The summed E-state index contributed by atoms with van der Waals surface area (Å²) in [6, 6.07) is 8.85. The average Bonchev–Trinajstić information content (AvgIpc) is 3.15. The Hall–Kier alpha value is -3.07. The lowest BCUT2D eigenvalue weighted by Gasteiger charge is -2.19. The van der Waals surface area contributed by atoms with Crippen molar-refractivity contribution in [2.24, 2.45) is 0 Å². The molecule has 25 heavy (non-hydrogen) atoms. The first kappa shape index (κ1) is 16.8. The normalized spacial score (nSPS) is 13.5. The van der Waals surface area contributed by atoms with Crippen molar-refractivity contribution in [3.63, 3.8) is 0 Å². The molecule has 0 unspecified atom stereocenters. The van der Waals surface area contributed by atoms with Gasteiger partial charge in [-0.1, -0.05) is 0 Å². The molecule has 0 bridgehead atoms. The highest BCUT2D eigenvalue weighted by Gasteiger charge is 2.18. The zero-order valence-electron chi connectivity index (χ0n) is 13.9. The van der Waals surface area contributed by atoms with Crippen molar-refractivity contribution in [1.29, 1.82) is 5.26 Å². The smallest absolute Gasteiger partial charge is 0.345 e. The zero-order chi connectivity index (χ0) is 17.8. The van der Waals surface area contributed by atoms with E-state index in [2.05, 4.69) is 11.0 Å². The van der Waals surface area contributed by atoms with Crippen molar-refractivity contribution in [2.45, 2.75) is 19.8 Å². The third kappa shape index (κ3) is 3.41. The lowest BCUT2D eigenvalue weighted by molar-refractivity contribution is 0.0522. The van der Waals surface area contributed by atoms with Crippen LogP contribution in [0.5, 0.6) is 0 Å². The SMILES string of the molecule is CCOC(=O)c1coc(-c2ccc(N3CCCC3)c(C#N)c2)cc1=O. The summed E-state index contributed by atoms with van der Waals surface area (Å²) < 4.78 is 10.2. The minimum Gasteiger partial charge on any atom is -0.463 e. The second-order valence-electron chi connectivity index (χ2n) is 5.78. The Bertz CT molecular complexity index is 889. The summed E-state index contributed by atoms with van der Waals surface area (Å²) >= 11 is 0. The quantitative estimate of drug-likeness (QED) is 0.797. The molecule has 6 heteroatoms. The second kappa shape index (κ2) is 7.22. The number of esters is 1. The largest absolute Gasteiger partial charge is 0.463 e. The van der Waals surface area contributed by atoms with Gasteiger partial charge in [-0.05, 0) is 38.0 Å². The number of nitrogens with zero attached hydrogens (tertiary/aromatic N) is 2. The molecule has 0 aliphatic carbocycles.